The lowest BCUT2D eigenvalue weighted by atomic mass is 10.3. The Hall–Kier alpha value is -1.98. The van der Waals surface area contributed by atoms with Gasteiger partial charge in [-0.05, 0) is 27.7 Å². The average molecular weight is 278 g/mol. The monoisotopic (exact) mass is 278 g/mol. The van der Waals surface area contributed by atoms with E-state index in [1.165, 1.54) is 0 Å². The highest BCUT2D eigenvalue weighted by molar-refractivity contribution is 5.86. The molecule has 2 atom stereocenters. The molecule has 0 aliphatic carbocycles. The highest BCUT2D eigenvalue weighted by atomic mass is 15.2. The molecule has 20 heavy (non-hydrogen) atoms. The predicted molar refractivity (Wildman–Crippen MR) is 86.4 cm³/mol. The second-order valence-corrected chi connectivity index (χ2v) is 4.98. The minimum Gasteiger partial charge on any atom is -0.386 e. The lowest BCUT2D eigenvalue weighted by Gasteiger charge is -2.08. The van der Waals surface area contributed by atoms with Crippen LogP contribution in [0.3, 0.4) is 0 Å². The SMILES string of the molecule is C=C(C)CN=C(N)C(C)N=NC(C)C(N)=NCC(=C)C. The number of nitrogens with zero attached hydrogens (tertiary/aromatic N) is 4. The fraction of sp³-hybridized carbons (Fsp3) is 0.571. The Morgan fingerprint density at radius 1 is 0.850 bits per heavy atom. The van der Waals surface area contributed by atoms with Crippen molar-refractivity contribution in [1.82, 2.24) is 0 Å². The third-order valence-corrected chi connectivity index (χ3v) is 2.33. The molecule has 0 aromatic heterocycles. The van der Waals surface area contributed by atoms with Gasteiger partial charge in [0.1, 0.15) is 23.8 Å². The van der Waals surface area contributed by atoms with E-state index in [4.69, 9.17) is 11.5 Å². The fourth-order valence-electron chi connectivity index (χ4n) is 1.04. The summed E-state index contributed by atoms with van der Waals surface area (Å²) < 4.78 is 0. The standard InChI is InChI=1S/C14H26N6/c1-9(2)7-17-13(15)11(5)19-20-12(6)14(16)18-8-10(3)4/h11-12H,1,3,7-8H2,2,4-6H3,(H2,15,17)(H2,16,18). The van der Waals surface area contributed by atoms with Crippen molar-refractivity contribution in [2.45, 2.75) is 39.8 Å². The van der Waals surface area contributed by atoms with E-state index in [2.05, 4.69) is 33.4 Å². The zero-order chi connectivity index (χ0) is 15.7. The molecule has 0 aromatic rings. The maximum absolute atomic E-state index is 5.81. The maximum atomic E-state index is 5.81. The van der Waals surface area contributed by atoms with Crippen LogP contribution in [0.1, 0.15) is 27.7 Å². The van der Waals surface area contributed by atoms with E-state index >= 15 is 0 Å². The molecule has 0 saturated carbocycles. The van der Waals surface area contributed by atoms with Gasteiger partial charge in [-0.15, -0.1) is 0 Å². The zero-order valence-electron chi connectivity index (χ0n) is 12.9. The highest BCUT2D eigenvalue weighted by Gasteiger charge is 2.08. The highest BCUT2D eigenvalue weighted by Crippen LogP contribution is 1.99. The van der Waals surface area contributed by atoms with Crippen molar-refractivity contribution in [2.24, 2.45) is 31.7 Å². The molecule has 4 N–H and O–H groups in total. The van der Waals surface area contributed by atoms with E-state index in [-0.39, 0.29) is 12.1 Å². The fourth-order valence-corrected chi connectivity index (χ4v) is 1.04. The quantitative estimate of drug-likeness (QED) is 0.307. The van der Waals surface area contributed by atoms with E-state index in [0.717, 1.165) is 11.1 Å². The van der Waals surface area contributed by atoms with Crippen LogP contribution in [0.2, 0.25) is 0 Å². The van der Waals surface area contributed by atoms with Crippen molar-refractivity contribution in [2.75, 3.05) is 13.1 Å². The molecular weight excluding hydrogens is 252 g/mol. The number of azo groups is 1. The summed E-state index contributed by atoms with van der Waals surface area (Å²) in [5.74, 6) is 0.864. The number of hydrogen-bond donors (Lipinski definition) is 2. The molecular formula is C14H26N6. The molecule has 0 fully saturated rings. The van der Waals surface area contributed by atoms with Gasteiger partial charge in [-0.25, -0.2) is 0 Å². The number of rotatable bonds is 8. The second-order valence-electron chi connectivity index (χ2n) is 4.98. The maximum Gasteiger partial charge on any atom is 0.125 e. The predicted octanol–water partition coefficient (Wildman–Crippen LogP) is 2.08. The Bertz CT molecular complexity index is 393. The van der Waals surface area contributed by atoms with Gasteiger partial charge in [-0.2, -0.15) is 10.2 Å². The Morgan fingerprint density at radius 3 is 1.40 bits per heavy atom. The molecule has 0 rings (SSSR count). The first-order valence-electron chi connectivity index (χ1n) is 6.52. The lowest BCUT2D eigenvalue weighted by Crippen LogP contribution is -2.27. The number of hydrogen-bond acceptors (Lipinski definition) is 4. The van der Waals surface area contributed by atoms with E-state index in [0.29, 0.717) is 24.8 Å². The molecule has 6 nitrogen and oxygen atoms in total. The van der Waals surface area contributed by atoms with Crippen molar-refractivity contribution in [3.8, 4) is 0 Å². The Kier molecular flexibility index (Phi) is 8.12. The van der Waals surface area contributed by atoms with Crippen molar-refractivity contribution in [1.29, 1.82) is 0 Å². The van der Waals surface area contributed by atoms with Crippen molar-refractivity contribution in [3.63, 3.8) is 0 Å². The summed E-state index contributed by atoms with van der Waals surface area (Å²) in [6, 6.07) is -0.573. The normalized spacial score (nSPS) is 16.2. The summed E-state index contributed by atoms with van der Waals surface area (Å²) in [5.41, 5.74) is 13.5. The third-order valence-electron chi connectivity index (χ3n) is 2.33. The Balaban J connectivity index is 4.53. The summed E-state index contributed by atoms with van der Waals surface area (Å²) in [6.45, 7) is 16.0. The van der Waals surface area contributed by atoms with Crippen LogP contribution in [-0.2, 0) is 0 Å². The summed E-state index contributed by atoms with van der Waals surface area (Å²) in [7, 11) is 0. The molecule has 0 bridgehead atoms. The third kappa shape index (κ3) is 8.18. The van der Waals surface area contributed by atoms with E-state index in [1.54, 1.807) is 0 Å². The molecule has 0 spiro atoms. The number of amidine groups is 2. The van der Waals surface area contributed by atoms with Crippen LogP contribution < -0.4 is 11.5 Å². The number of aliphatic imine (C=N–C) groups is 2. The van der Waals surface area contributed by atoms with Gasteiger partial charge in [0.25, 0.3) is 0 Å². The molecule has 6 heteroatoms. The molecule has 0 aliphatic rings. The summed E-state index contributed by atoms with van der Waals surface area (Å²) in [5, 5.41) is 8.21. The minimum atomic E-state index is -0.286. The Morgan fingerprint density at radius 2 is 1.15 bits per heavy atom. The second kappa shape index (κ2) is 9.01. The molecule has 0 radical (unpaired) electrons. The van der Waals surface area contributed by atoms with Crippen LogP contribution in [-0.4, -0.2) is 36.8 Å². The van der Waals surface area contributed by atoms with Crippen LogP contribution >= 0.6 is 0 Å². The average Bonchev–Trinajstić information content (AvgIpc) is 2.38. The molecule has 112 valence electrons. The van der Waals surface area contributed by atoms with Gasteiger partial charge in [0.2, 0.25) is 0 Å². The van der Waals surface area contributed by atoms with E-state index in [1.807, 2.05) is 27.7 Å². The van der Waals surface area contributed by atoms with Gasteiger partial charge in [0.15, 0.2) is 0 Å². The van der Waals surface area contributed by atoms with E-state index < -0.39 is 0 Å². The van der Waals surface area contributed by atoms with Crippen LogP contribution in [0.25, 0.3) is 0 Å². The van der Waals surface area contributed by atoms with Crippen molar-refractivity contribution >= 4 is 11.7 Å². The Labute approximate surface area is 121 Å². The topological polar surface area (TPSA) is 101 Å². The van der Waals surface area contributed by atoms with Crippen LogP contribution in [0.15, 0.2) is 44.5 Å². The summed E-state index contributed by atoms with van der Waals surface area (Å²) >= 11 is 0. The van der Waals surface area contributed by atoms with Gasteiger partial charge in [-0.3, -0.25) is 9.98 Å². The van der Waals surface area contributed by atoms with Gasteiger partial charge in [-0.1, -0.05) is 24.3 Å². The van der Waals surface area contributed by atoms with E-state index in [9.17, 15) is 0 Å². The van der Waals surface area contributed by atoms with Crippen LogP contribution in [0, 0.1) is 0 Å². The first kappa shape index (κ1) is 18.0. The molecule has 2 unspecified atom stereocenters. The first-order chi connectivity index (χ1) is 9.23. The van der Waals surface area contributed by atoms with Gasteiger partial charge in [0, 0.05) is 0 Å². The molecule has 0 saturated heterocycles. The van der Waals surface area contributed by atoms with Gasteiger partial charge >= 0.3 is 0 Å². The zero-order valence-corrected chi connectivity index (χ0v) is 12.9. The van der Waals surface area contributed by atoms with Gasteiger partial charge < -0.3 is 11.5 Å². The van der Waals surface area contributed by atoms with Crippen LogP contribution in [0.4, 0.5) is 0 Å². The molecule has 0 aromatic carbocycles. The molecule has 0 heterocycles. The van der Waals surface area contributed by atoms with Gasteiger partial charge in [0.05, 0.1) is 13.1 Å². The molecule has 0 amide bonds. The minimum absolute atomic E-state index is 0.286. The smallest absolute Gasteiger partial charge is 0.125 e. The van der Waals surface area contributed by atoms with Crippen molar-refractivity contribution < 1.29 is 0 Å². The molecule has 0 aliphatic heterocycles. The largest absolute Gasteiger partial charge is 0.386 e. The number of nitrogens with two attached hydrogens (primary N) is 2. The first-order valence-corrected chi connectivity index (χ1v) is 6.52. The summed E-state index contributed by atoms with van der Waals surface area (Å²) in [6.07, 6.45) is 0. The summed E-state index contributed by atoms with van der Waals surface area (Å²) in [4.78, 5) is 8.35. The lowest BCUT2D eigenvalue weighted by molar-refractivity contribution is 0.773. The van der Waals surface area contributed by atoms with Crippen LogP contribution in [0.5, 0.6) is 0 Å². The van der Waals surface area contributed by atoms with Crippen molar-refractivity contribution in [3.05, 3.63) is 24.3 Å².